The molecule has 0 saturated carbocycles. The third-order valence-electron chi connectivity index (χ3n) is 5.05. The summed E-state index contributed by atoms with van der Waals surface area (Å²) in [7, 11) is 0. The average Bonchev–Trinajstić information content (AvgIpc) is 3.36. The smallest absolute Gasteiger partial charge is 0.348 e. The lowest BCUT2D eigenvalue weighted by molar-refractivity contribution is -0.222. The van der Waals surface area contributed by atoms with E-state index >= 15 is 0 Å². The average molecular weight is 464 g/mol. The predicted octanol–water partition coefficient (Wildman–Crippen LogP) is 3.54. The van der Waals surface area contributed by atoms with Gasteiger partial charge in [0.15, 0.2) is 0 Å². The maximum Gasteiger partial charge on any atom is 0.348 e. The van der Waals surface area contributed by atoms with Crippen molar-refractivity contribution in [2.45, 2.75) is 26.2 Å². The summed E-state index contributed by atoms with van der Waals surface area (Å²) in [5.74, 6) is -2.76. The number of aromatic nitrogens is 5. The van der Waals surface area contributed by atoms with Crippen LogP contribution in [-0.2, 0) is 25.6 Å². The summed E-state index contributed by atoms with van der Waals surface area (Å²) in [5.41, 5.74) is 2.50. The summed E-state index contributed by atoms with van der Waals surface area (Å²) in [5, 5.41) is 9.73. The molecule has 1 aliphatic rings. The number of carbonyl (C=O) groups excluding carboxylic acids is 2. The number of pyridine rings is 1. The molecule has 1 aromatic carbocycles. The SMILES string of the molecule is CC1(C)OC(=O)C(=Cc2cn(Cc3cn(-c4ccccc4Cl)nn3)c3ncccc23)C(=O)O1. The molecule has 0 bridgehead atoms. The second-order valence-corrected chi connectivity index (χ2v) is 8.34. The summed E-state index contributed by atoms with van der Waals surface area (Å²) in [6.45, 7) is 3.37. The number of fused-ring (bicyclic) bond motifs is 1. The van der Waals surface area contributed by atoms with Crippen molar-refractivity contribution in [1.82, 2.24) is 24.5 Å². The summed E-state index contributed by atoms with van der Waals surface area (Å²) < 4.78 is 13.9. The first-order valence-corrected chi connectivity index (χ1v) is 10.5. The first-order chi connectivity index (χ1) is 15.8. The Bertz CT molecular complexity index is 1410. The van der Waals surface area contributed by atoms with E-state index in [1.54, 1.807) is 35.4 Å². The number of carbonyl (C=O) groups is 2. The molecule has 166 valence electrons. The highest BCUT2D eigenvalue weighted by molar-refractivity contribution is 6.32. The van der Waals surface area contributed by atoms with Crippen LogP contribution in [0.3, 0.4) is 0 Å². The van der Waals surface area contributed by atoms with Gasteiger partial charge in [0, 0.05) is 37.2 Å². The Morgan fingerprint density at radius 3 is 2.58 bits per heavy atom. The fraction of sp³-hybridized carbons (Fsp3) is 0.174. The lowest BCUT2D eigenvalue weighted by Gasteiger charge is -2.29. The zero-order valence-electron chi connectivity index (χ0n) is 17.7. The van der Waals surface area contributed by atoms with Crippen LogP contribution in [-0.4, -0.2) is 42.3 Å². The van der Waals surface area contributed by atoms with Gasteiger partial charge in [0.05, 0.1) is 23.5 Å². The van der Waals surface area contributed by atoms with Crippen LogP contribution >= 0.6 is 11.6 Å². The van der Waals surface area contributed by atoms with Crippen molar-refractivity contribution in [1.29, 1.82) is 0 Å². The largest absolute Gasteiger partial charge is 0.419 e. The number of rotatable bonds is 4. The molecule has 0 atom stereocenters. The molecule has 33 heavy (non-hydrogen) atoms. The van der Waals surface area contributed by atoms with Gasteiger partial charge in [0.1, 0.15) is 16.9 Å². The second kappa shape index (κ2) is 7.86. The molecule has 4 aromatic rings. The first-order valence-electron chi connectivity index (χ1n) is 10.1. The van der Waals surface area contributed by atoms with Crippen molar-refractivity contribution >= 4 is 40.6 Å². The number of halogens is 1. The lowest BCUT2D eigenvalue weighted by atomic mass is 10.1. The number of cyclic esters (lactones) is 2. The van der Waals surface area contributed by atoms with Gasteiger partial charge in [-0.2, -0.15) is 0 Å². The molecular weight excluding hydrogens is 446 g/mol. The molecule has 1 fully saturated rings. The minimum Gasteiger partial charge on any atom is -0.419 e. The topological polar surface area (TPSA) is 101 Å². The zero-order valence-corrected chi connectivity index (χ0v) is 18.5. The normalized spacial score (nSPS) is 15.4. The van der Waals surface area contributed by atoms with Crippen molar-refractivity contribution in [3.8, 4) is 5.69 Å². The second-order valence-electron chi connectivity index (χ2n) is 7.93. The van der Waals surface area contributed by atoms with Crippen molar-refractivity contribution in [3.63, 3.8) is 0 Å². The molecule has 5 rings (SSSR count). The highest BCUT2D eigenvalue weighted by atomic mass is 35.5. The van der Waals surface area contributed by atoms with Gasteiger partial charge in [-0.25, -0.2) is 19.3 Å². The molecule has 0 aliphatic carbocycles. The number of esters is 2. The van der Waals surface area contributed by atoms with Crippen LogP contribution in [0.2, 0.25) is 5.02 Å². The highest BCUT2D eigenvalue weighted by Gasteiger charge is 2.39. The molecule has 1 saturated heterocycles. The fourth-order valence-corrected chi connectivity index (χ4v) is 3.84. The summed E-state index contributed by atoms with van der Waals surface area (Å²) in [6.07, 6.45) is 6.70. The number of hydrogen-bond acceptors (Lipinski definition) is 7. The Hall–Kier alpha value is -3.98. The molecule has 3 aromatic heterocycles. The fourth-order valence-electron chi connectivity index (χ4n) is 3.62. The van der Waals surface area contributed by atoms with Gasteiger partial charge < -0.3 is 14.0 Å². The molecule has 0 radical (unpaired) electrons. The van der Waals surface area contributed by atoms with Crippen molar-refractivity contribution in [2.75, 3.05) is 0 Å². The maximum absolute atomic E-state index is 12.4. The molecule has 1 aliphatic heterocycles. The molecule has 4 heterocycles. The number of hydrogen-bond donors (Lipinski definition) is 0. The van der Waals surface area contributed by atoms with E-state index < -0.39 is 17.7 Å². The van der Waals surface area contributed by atoms with E-state index in [0.717, 1.165) is 11.1 Å². The number of ether oxygens (including phenoxy) is 2. The van der Waals surface area contributed by atoms with Crippen LogP contribution in [0.4, 0.5) is 0 Å². The van der Waals surface area contributed by atoms with Crippen molar-refractivity contribution in [3.05, 3.63) is 76.8 Å². The Morgan fingerprint density at radius 1 is 1.06 bits per heavy atom. The van der Waals surface area contributed by atoms with Crippen LogP contribution in [0.15, 0.2) is 60.6 Å². The molecule has 9 nitrogen and oxygen atoms in total. The summed E-state index contributed by atoms with van der Waals surface area (Å²) in [4.78, 5) is 29.2. The van der Waals surface area contributed by atoms with E-state index in [9.17, 15) is 9.59 Å². The first kappa shape index (κ1) is 20.9. The van der Waals surface area contributed by atoms with Crippen molar-refractivity contribution in [2.24, 2.45) is 0 Å². The van der Waals surface area contributed by atoms with Gasteiger partial charge in [-0.3, -0.25) is 0 Å². The number of para-hydroxylation sites is 1. The van der Waals surface area contributed by atoms with Crippen LogP contribution in [0.1, 0.15) is 25.1 Å². The van der Waals surface area contributed by atoms with Crippen LogP contribution < -0.4 is 0 Å². The number of nitrogens with zero attached hydrogens (tertiary/aromatic N) is 5. The van der Waals surface area contributed by atoms with E-state index in [0.29, 0.717) is 28.5 Å². The molecule has 0 unspecified atom stereocenters. The van der Waals surface area contributed by atoms with E-state index in [4.69, 9.17) is 21.1 Å². The molecule has 0 amide bonds. The quantitative estimate of drug-likeness (QED) is 0.259. The molecule has 0 spiro atoms. The Labute approximate surface area is 193 Å². The predicted molar refractivity (Wildman–Crippen MR) is 119 cm³/mol. The summed E-state index contributed by atoms with van der Waals surface area (Å²) >= 11 is 6.26. The minimum atomic E-state index is -1.30. The van der Waals surface area contributed by atoms with E-state index in [1.165, 1.54) is 19.9 Å². The van der Waals surface area contributed by atoms with Crippen LogP contribution in [0, 0.1) is 0 Å². The van der Waals surface area contributed by atoms with Crippen LogP contribution in [0.5, 0.6) is 0 Å². The van der Waals surface area contributed by atoms with Gasteiger partial charge >= 0.3 is 11.9 Å². The summed E-state index contributed by atoms with van der Waals surface area (Å²) in [6, 6.07) is 11.0. The highest BCUT2D eigenvalue weighted by Crippen LogP contribution is 2.28. The van der Waals surface area contributed by atoms with Gasteiger partial charge in [0.2, 0.25) is 0 Å². The minimum absolute atomic E-state index is 0.179. The maximum atomic E-state index is 12.4. The van der Waals surface area contributed by atoms with Gasteiger partial charge in [-0.15, -0.1) is 5.10 Å². The number of benzene rings is 1. The van der Waals surface area contributed by atoms with Gasteiger partial charge in [0.25, 0.3) is 5.79 Å². The Kier molecular flexibility index (Phi) is 4.98. The Balaban J connectivity index is 1.50. The van der Waals surface area contributed by atoms with Gasteiger partial charge in [-0.05, 0) is 30.3 Å². The molecular formula is C23H18ClN5O4. The van der Waals surface area contributed by atoms with E-state index in [-0.39, 0.29) is 5.57 Å². The van der Waals surface area contributed by atoms with E-state index in [1.807, 2.05) is 28.8 Å². The molecule has 0 N–H and O–H groups in total. The van der Waals surface area contributed by atoms with E-state index in [2.05, 4.69) is 15.3 Å². The third-order valence-corrected chi connectivity index (χ3v) is 5.37. The van der Waals surface area contributed by atoms with Crippen LogP contribution in [0.25, 0.3) is 22.8 Å². The standard InChI is InChI=1S/C23H18ClN5O4/c1-23(2)32-21(30)17(22(31)33-23)10-14-11-28(20-16(14)6-5-9-25-20)12-15-13-29(27-26-15)19-8-4-3-7-18(19)24/h3-11,13H,12H2,1-2H3. The lowest BCUT2D eigenvalue weighted by Crippen LogP contribution is -2.41. The third kappa shape index (κ3) is 3.98. The molecule has 10 heteroatoms. The van der Waals surface area contributed by atoms with Gasteiger partial charge in [-0.1, -0.05) is 28.9 Å². The van der Waals surface area contributed by atoms with Crippen molar-refractivity contribution < 1.29 is 19.1 Å². The zero-order chi connectivity index (χ0) is 23.2. The monoisotopic (exact) mass is 463 g/mol. The Morgan fingerprint density at radius 2 is 1.82 bits per heavy atom.